The van der Waals surface area contributed by atoms with Gasteiger partial charge in [-0.25, -0.2) is 0 Å². The normalized spacial score (nSPS) is 18.5. The molecule has 1 unspecified atom stereocenters. The summed E-state index contributed by atoms with van der Waals surface area (Å²) < 4.78 is 0. The van der Waals surface area contributed by atoms with Gasteiger partial charge in [-0.2, -0.15) is 0 Å². The Kier molecular flexibility index (Phi) is 3.91. The minimum atomic E-state index is -1.47. The lowest BCUT2D eigenvalue weighted by Crippen LogP contribution is -2.45. The molecular weight excluding hydrogens is 232 g/mol. The number of allylic oxidation sites excluding steroid dienone is 4. The summed E-state index contributed by atoms with van der Waals surface area (Å²) in [5, 5.41) is 3.21. The molecule has 0 aromatic heterocycles. The van der Waals surface area contributed by atoms with Crippen LogP contribution in [-0.4, -0.2) is 8.07 Å². The molecule has 0 fully saturated rings. The predicted molar refractivity (Wildman–Crippen MR) is 83.8 cm³/mol. The first-order chi connectivity index (χ1) is 8.58. The zero-order valence-electron chi connectivity index (χ0n) is 12.0. The van der Waals surface area contributed by atoms with Gasteiger partial charge < -0.3 is 0 Å². The van der Waals surface area contributed by atoms with Gasteiger partial charge in [0.25, 0.3) is 0 Å². The zero-order valence-corrected chi connectivity index (χ0v) is 13.0. The molecule has 0 aliphatic heterocycles. The van der Waals surface area contributed by atoms with Crippen LogP contribution in [0.3, 0.4) is 0 Å². The molecule has 1 aliphatic rings. The molecule has 0 heterocycles. The highest BCUT2D eigenvalue weighted by Crippen LogP contribution is 2.31. The Labute approximate surface area is 112 Å². The first-order valence-electron chi connectivity index (χ1n) is 7.04. The van der Waals surface area contributed by atoms with E-state index in [-0.39, 0.29) is 0 Å². The van der Waals surface area contributed by atoms with E-state index in [0.29, 0.717) is 5.92 Å². The van der Waals surface area contributed by atoms with Gasteiger partial charge in [0.2, 0.25) is 0 Å². The average molecular weight is 256 g/mol. The van der Waals surface area contributed by atoms with Crippen molar-refractivity contribution in [1.29, 1.82) is 0 Å². The fourth-order valence-corrected chi connectivity index (χ4v) is 5.85. The van der Waals surface area contributed by atoms with Crippen LogP contribution >= 0.6 is 0 Å². The monoisotopic (exact) mass is 256 g/mol. The first-order valence-corrected chi connectivity index (χ1v) is 9.75. The van der Waals surface area contributed by atoms with Gasteiger partial charge in [-0.15, -0.1) is 0 Å². The van der Waals surface area contributed by atoms with Crippen LogP contribution in [0.25, 0.3) is 0 Å². The van der Waals surface area contributed by atoms with E-state index in [1.54, 1.807) is 16.0 Å². The molecule has 0 bridgehead atoms. The molecule has 0 saturated heterocycles. The molecule has 1 atom stereocenters. The van der Waals surface area contributed by atoms with Crippen molar-refractivity contribution in [3.8, 4) is 0 Å². The van der Waals surface area contributed by atoms with Gasteiger partial charge in [-0.3, -0.25) is 0 Å². The number of benzene rings is 1. The maximum atomic E-state index is 2.51. The Morgan fingerprint density at radius 1 is 1.17 bits per heavy atom. The van der Waals surface area contributed by atoms with E-state index in [1.807, 2.05) is 0 Å². The van der Waals surface area contributed by atoms with E-state index in [4.69, 9.17) is 0 Å². The van der Waals surface area contributed by atoms with E-state index in [0.717, 1.165) is 0 Å². The predicted octanol–water partition coefficient (Wildman–Crippen LogP) is 4.44. The standard InChI is InChI=1S/C17H24Si/c1-5-18(4,16-9-7-6-8-10-16)17-12-11-15(13-17)14(2)3/h6-10,12-14H,5,11H2,1-4H3. The summed E-state index contributed by atoms with van der Waals surface area (Å²) in [5.74, 6) is 0.685. The van der Waals surface area contributed by atoms with Crippen LogP contribution in [-0.2, 0) is 0 Å². The van der Waals surface area contributed by atoms with Gasteiger partial charge >= 0.3 is 0 Å². The van der Waals surface area contributed by atoms with Crippen molar-refractivity contribution in [3.63, 3.8) is 0 Å². The van der Waals surface area contributed by atoms with Crippen LogP contribution in [0.5, 0.6) is 0 Å². The van der Waals surface area contributed by atoms with Crippen LogP contribution in [0.2, 0.25) is 12.6 Å². The van der Waals surface area contributed by atoms with E-state index in [1.165, 1.54) is 12.5 Å². The highest BCUT2D eigenvalue weighted by molar-refractivity contribution is 6.97. The summed E-state index contributed by atoms with van der Waals surface area (Å²) in [5.41, 5.74) is 1.60. The van der Waals surface area contributed by atoms with Gasteiger partial charge in [-0.1, -0.05) is 91.8 Å². The topological polar surface area (TPSA) is 0 Å². The molecule has 0 radical (unpaired) electrons. The van der Waals surface area contributed by atoms with Gasteiger partial charge in [0.15, 0.2) is 0 Å². The summed E-state index contributed by atoms with van der Waals surface area (Å²) in [6.07, 6.45) is 6.15. The Morgan fingerprint density at radius 3 is 2.33 bits per heavy atom. The Morgan fingerprint density at radius 2 is 1.83 bits per heavy atom. The van der Waals surface area contributed by atoms with Crippen LogP contribution in [0.4, 0.5) is 0 Å². The first kappa shape index (κ1) is 13.4. The van der Waals surface area contributed by atoms with Crippen molar-refractivity contribution in [2.75, 3.05) is 0 Å². The quantitative estimate of drug-likeness (QED) is 0.699. The van der Waals surface area contributed by atoms with E-state index in [2.05, 4.69) is 69.8 Å². The SMILES string of the molecule is CC[Si](C)(C1=CCC(C(C)C)=C1)c1ccccc1. The maximum absolute atomic E-state index is 2.51. The summed E-state index contributed by atoms with van der Waals surface area (Å²) in [6.45, 7) is 9.46. The Balaban J connectivity index is 2.36. The minimum absolute atomic E-state index is 0.685. The molecule has 1 heteroatoms. The van der Waals surface area contributed by atoms with E-state index < -0.39 is 8.07 Å². The number of hydrogen-bond acceptors (Lipinski definition) is 0. The lowest BCUT2D eigenvalue weighted by molar-refractivity contribution is 0.753. The van der Waals surface area contributed by atoms with Crippen LogP contribution < -0.4 is 5.19 Å². The van der Waals surface area contributed by atoms with Crippen molar-refractivity contribution >= 4 is 13.3 Å². The van der Waals surface area contributed by atoms with Crippen LogP contribution in [0.15, 0.2) is 53.3 Å². The molecule has 1 aromatic rings. The Bertz CT molecular complexity index is 468. The zero-order chi connectivity index (χ0) is 13.2. The molecule has 0 N–H and O–H groups in total. The summed E-state index contributed by atoms with van der Waals surface area (Å²) >= 11 is 0. The average Bonchev–Trinajstić information content (AvgIpc) is 2.89. The third-order valence-electron chi connectivity index (χ3n) is 4.40. The highest BCUT2D eigenvalue weighted by atomic mass is 28.3. The summed E-state index contributed by atoms with van der Waals surface area (Å²) in [4.78, 5) is 0. The molecular formula is C17H24Si. The molecule has 2 rings (SSSR count). The second-order valence-corrected chi connectivity index (χ2v) is 10.3. The second kappa shape index (κ2) is 5.27. The molecule has 96 valence electrons. The fraction of sp³-hybridized carbons (Fsp3) is 0.412. The van der Waals surface area contributed by atoms with Gasteiger partial charge in [-0.05, 0) is 12.3 Å². The van der Waals surface area contributed by atoms with Gasteiger partial charge in [0.1, 0.15) is 8.07 Å². The number of hydrogen-bond donors (Lipinski definition) is 0. The molecule has 1 aromatic carbocycles. The number of rotatable bonds is 4. The van der Waals surface area contributed by atoms with Gasteiger partial charge in [0, 0.05) is 0 Å². The fourth-order valence-electron chi connectivity index (χ4n) is 2.71. The molecule has 0 nitrogen and oxygen atoms in total. The molecule has 0 spiro atoms. The van der Waals surface area contributed by atoms with Crippen LogP contribution in [0, 0.1) is 5.92 Å². The molecule has 1 aliphatic carbocycles. The largest absolute Gasteiger partial charge is 0.114 e. The molecule has 18 heavy (non-hydrogen) atoms. The second-order valence-electron chi connectivity index (χ2n) is 5.79. The lowest BCUT2D eigenvalue weighted by atomic mass is 10.0. The maximum Gasteiger partial charge on any atom is 0.114 e. The third kappa shape index (κ3) is 2.37. The van der Waals surface area contributed by atoms with Crippen LogP contribution in [0.1, 0.15) is 27.2 Å². The summed E-state index contributed by atoms with van der Waals surface area (Å²) in [7, 11) is -1.47. The Hall–Kier alpha value is -1.08. The van der Waals surface area contributed by atoms with Gasteiger partial charge in [0.05, 0.1) is 0 Å². The van der Waals surface area contributed by atoms with E-state index >= 15 is 0 Å². The van der Waals surface area contributed by atoms with Crippen molar-refractivity contribution < 1.29 is 0 Å². The summed E-state index contributed by atoms with van der Waals surface area (Å²) in [6, 6.07) is 12.4. The third-order valence-corrected chi connectivity index (χ3v) is 9.04. The molecule has 0 amide bonds. The molecule has 0 saturated carbocycles. The van der Waals surface area contributed by atoms with Crippen molar-refractivity contribution in [3.05, 3.63) is 53.3 Å². The highest BCUT2D eigenvalue weighted by Gasteiger charge is 2.32. The van der Waals surface area contributed by atoms with E-state index in [9.17, 15) is 0 Å². The van der Waals surface area contributed by atoms with Crippen molar-refractivity contribution in [1.82, 2.24) is 0 Å². The minimum Gasteiger partial charge on any atom is -0.0808 e. The van der Waals surface area contributed by atoms with Crippen molar-refractivity contribution in [2.24, 2.45) is 5.92 Å². The lowest BCUT2D eigenvalue weighted by Gasteiger charge is -2.27. The smallest absolute Gasteiger partial charge is 0.0808 e. The van der Waals surface area contributed by atoms with Crippen molar-refractivity contribution in [2.45, 2.75) is 39.8 Å².